The number of likely N-dealkylation sites (tertiary alicyclic amines) is 1. The average molecular weight is 281 g/mol. The van der Waals surface area contributed by atoms with E-state index in [9.17, 15) is 4.79 Å². The van der Waals surface area contributed by atoms with E-state index in [2.05, 4.69) is 31.1 Å². The molecule has 4 heteroatoms. The first-order chi connectivity index (χ1) is 9.41. The minimum absolute atomic E-state index is 0.119. The molecule has 1 heterocycles. The molecule has 1 saturated heterocycles. The Balaban J connectivity index is 1.82. The summed E-state index contributed by atoms with van der Waals surface area (Å²) in [5, 5.41) is 3.22. The number of nitrogens with zero attached hydrogens (tertiary/aromatic N) is 1. The fourth-order valence-electron chi connectivity index (χ4n) is 3.53. The molecule has 3 N–H and O–H groups in total. The van der Waals surface area contributed by atoms with Crippen molar-refractivity contribution in [2.45, 2.75) is 52.0 Å². The van der Waals surface area contributed by atoms with E-state index in [1.54, 1.807) is 0 Å². The summed E-state index contributed by atoms with van der Waals surface area (Å²) < 4.78 is 0. The summed E-state index contributed by atoms with van der Waals surface area (Å²) >= 11 is 0. The number of nitrogens with one attached hydrogen (secondary N) is 1. The lowest BCUT2D eigenvalue weighted by atomic mass is 9.76. The molecule has 0 spiro atoms. The third-order valence-corrected chi connectivity index (χ3v) is 5.58. The Morgan fingerprint density at radius 3 is 2.65 bits per heavy atom. The minimum atomic E-state index is 0.119. The molecule has 4 nitrogen and oxygen atoms in total. The van der Waals surface area contributed by atoms with Crippen LogP contribution in [-0.2, 0) is 4.79 Å². The zero-order chi connectivity index (χ0) is 14.8. The lowest BCUT2D eigenvalue weighted by molar-refractivity contribution is -0.128. The average Bonchev–Trinajstić information content (AvgIpc) is 2.43. The molecule has 3 atom stereocenters. The van der Waals surface area contributed by atoms with Crippen molar-refractivity contribution >= 4 is 5.91 Å². The van der Waals surface area contributed by atoms with E-state index in [4.69, 9.17) is 5.73 Å². The van der Waals surface area contributed by atoms with E-state index < -0.39 is 0 Å². The fourth-order valence-corrected chi connectivity index (χ4v) is 3.53. The fraction of sp³-hybridized carbons (Fsp3) is 0.938. The van der Waals surface area contributed by atoms with Crippen LogP contribution < -0.4 is 11.1 Å². The summed E-state index contributed by atoms with van der Waals surface area (Å²) in [6, 6.07) is 0.193. The van der Waals surface area contributed by atoms with Crippen molar-refractivity contribution in [2.75, 3.05) is 26.7 Å². The van der Waals surface area contributed by atoms with Crippen molar-refractivity contribution in [3.63, 3.8) is 0 Å². The van der Waals surface area contributed by atoms with Crippen LogP contribution in [0.15, 0.2) is 0 Å². The van der Waals surface area contributed by atoms with Gasteiger partial charge in [-0.3, -0.25) is 4.79 Å². The van der Waals surface area contributed by atoms with E-state index in [-0.39, 0.29) is 23.3 Å². The molecule has 116 valence electrons. The Hall–Kier alpha value is -0.610. The first-order valence-corrected chi connectivity index (χ1v) is 8.13. The molecule has 1 saturated carbocycles. The van der Waals surface area contributed by atoms with Gasteiger partial charge in [-0.2, -0.15) is 0 Å². The summed E-state index contributed by atoms with van der Waals surface area (Å²) in [4.78, 5) is 14.8. The monoisotopic (exact) mass is 281 g/mol. The van der Waals surface area contributed by atoms with Crippen molar-refractivity contribution in [3.05, 3.63) is 0 Å². The molecule has 1 aliphatic carbocycles. The first kappa shape index (κ1) is 15.8. The molecule has 0 radical (unpaired) electrons. The third kappa shape index (κ3) is 3.73. The van der Waals surface area contributed by atoms with Crippen LogP contribution in [0.2, 0.25) is 0 Å². The summed E-state index contributed by atoms with van der Waals surface area (Å²) in [6.07, 6.45) is 5.49. The van der Waals surface area contributed by atoms with Crippen LogP contribution in [0.4, 0.5) is 0 Å². The largest absolute Gasteiger partial charge is 0.355 e. The van der Waals surface area contributed by atoms with E-state index in [1.807, 2.05) is 0 Å². The Morgan fingerprint density at radius 2 is 2.00 bits per heavy atom. The SMILES string of the molecule is CC1C(N)CCCC1C(=O)NCC1(C)CCN(C)CC1. The molecule has 1 amide bonds. The third-order valence-electron chi connectivity index (χ3n) is 5.58. The van der Waals surface area contributed by atoms with Crippen LogP contribution in [0.1, 0.15) is 46.0 Å². The second kappa shape index (κ2) is 6.44. The normalized spacial score (nSPS) is 34.7. The maximum absolute atomic E-state index is 12.4. The zero-order valence-corrected chi connectivity index (χ0v) is 13.3. The number of nitrogens with two attached hydrogens (primary N) is 1. The van der Waals surface area contributed by atoms with Gasteiger partial charge in [0, 0.05) is 18.5 Å². The predicted molar refractivity (Wildman–Crippen MR) is 82.3 cm³/mol. The van der Waals surface area contributed by atoms with Crippen LogP contribution in [0.25, 0.3) is 0 Å². The van der Waals surface area contributed by atoms with Crippen molar-refractivity contribution in [1.82, 2.24) is 10.2 Å². The zero-order valence-electron chi connectivity index (χ0n) is 13.3. The van der Waals surface area contributed by atoms with Gasteiger partial charge in [-0.15, -0.1) is 0 Å². The molecule has 1 aliphatic heterocycles. The summed E-state index contributed by atoms with van der Waals surface area (Å²) in [5.74, 6) is 0.662. The van der Waals surface area contributed by atoms with E-state index in [1.165, 1.54) is 12.8 Å². The topological polar surface area (TPSA) is 58.4 Å². The molecule has 20 heavy (non-hydrogen) atoms. The number of amides is 1. The highest BCUT2D eigenvalue weighted by Crippen LogP contribution is 2.31. The Labute approximate surface area is 123 Å². The van der Waals surface area contributed by atoms with E-state index in [0.717, 1.165) is 38.9 Å². The summed E-state index contributed by atoms with van der Waals surface area (Å²) in [6.45, 7) is 7.52. The van der Waals surface area contributed by atoms with Gasteiger partial charge in [-0.05, 0) is 57.2 Å². The van der Waals surface area contributed by atoms with Gasteiger partial charge < -0.3 is 16.0 Å². The molecular weight excluding hydrogens is 250 g/mol. The van der Waals surface area contributed by atoms with Crippen molar-refractivity contribution in [2.24, 2.45) is 23.0 Å². The van der Waals surface area contributed by atoms with Crippen molar-refractivity contribution in [1.29, 1.82) is 0 Å². The van der Waals surface area contributed by atoms with Gasteiger partial charge in [0.15, 0.2) is 0 Å². The molecule has 2 aliphatic rings. The summed E-state index contributed by atoms with van der Waals surface area (Å²) in [7, 11) is 2.17. The Kier molecular flexibility index (Phi) is 5.08. The van der Waals surface area contributed by atoms with Gasteiger partial charge >= 0.3 is 0 Å². The molecule has 0 aromatic carbocycles. The van der Waals surface area contributed by atoms with Crippen LogP contribution in [0.5, 0.6) is 0 Å². The first-order valence-electron chi connectivity index (χ1n) is 8.13. The molecule has 2 fully saturated rings. The minimum Gasteiger partial charge on any atom is -0.355 e. The number of rotatable bonds is 3. The number of hydrogen-bond acceptors (Lipinski definition) is 3. The number of carbonyl (C=O) groups excluding carboxylic acids is 1. The maximum atomic E-state index is 12.4. The molecule has 3 unspecified atom stereocenters. The van der Waals surface area contributed by atoms with Crippen molar-refractivity contribution in [3.8, 4) is 0 Å². The lowest BCUT2D eigenvalue weighted by Gasteiger charge is -2.39. The van der Waals surface area contributed by atoms with Crippen LogP contribution in [0.3, 0.4) is 0 Å². The highest BCUT2D eigenvalue weighted by Gasteiger charge is 2.34. The van der Waals surface area contributed by atoms with Gasteiger partial charge in [0.05, 0.1) is 0 Å². The number of piperidine rings is 1. The smallest absolute Gasteiger partial charge is 0.223 e. The van der Waals surface area contributed by atoms with Gasteiger partial charge in [0.1, 0.15) is 0 Å². The second-order valence-electron chi connectivity index (χ2n) is 7.39. The van der Waals surface area contributed by atoms with Gasteiger partial charge in [0.25, 0.3) is 0 Å². The molecule has 0 aromatic rings. The standard InChI is InChI=1S/C16H31N3O/c1-12-13(5-4-6-14(12)17)15(20)18-11-16(2)7-9-19(3)10-8-16/h12-14H,4-11,17H2,1-3H3,(H,18,20). The predicted octanol–water partition coefficient (Wildman–Crippen LogP) is 1.60. The Bertz CT molecular complexity index is 337. The highest BCUT2D eigenvalue weighted by atomic mass is 16.1. The van der Waals surface area contributed by atoms with E-state index in [0.29, 0.717) is 5.92 Å². The molecule has 0 aromatic heterocycles. The van der Waals surface area contributed by atoms with Gasteiger partial charge in [-0.1, -0.05) is 20.3 Å². The second-order valence-corrected chi connectivity index (χ2v) is 7.39. The highest BCUT2D eigenvalue weighted by molar-refractivity contribution is 5.79. The molecular formula is C16H31N3O. The quantitative estimate of drug-likeness (QED) is 0.826. The summed E-state index contributed by atoms with van der Waals surface area (Å²) in [5.41, 5.74) is 6.37. The van der Waals surface area contributed by atoms with Gasteiger partial charge in [-0.25, -0.2) is 0 Å². The van der Waals surface area contributed by atoms with Gasteiger partial charge in [0.2, 0.25) is 5.91 Å². The maximum Gasteiger partial charge on any atom is 0.223 e. The Morgan fingerprint density at radius 1 is 1.35 bits per heavy atom. The number of carbonyl (C=O) groups is 1. The van der Waals surface area contributed by atoms with Crippen molar-refractivity contribution < 1.29 is 4.79 Å². The van der Waals surface area contributed by atoms with E-state index >= 15 is 0 Å². The van der Waals surface area contributed by atoms with Crippen LogP contribution in [-0.4, -0.2) is 43.5 Å². The number of hydrogen-bond donors (Lipinski definition) is 2. The van der Waals surface area contributed by atoms with Crippen LogP contribution in [0, 0.1) is 17.3 Å². The van der Waals surface area contributed by atoms with Crippen LogP contribution >= 0.6 is 0 Å². The molecule has 2 rings (SSSR count). The molecule has 0 bridgehead atoms. The lowest BCUT2D eigenvalue weighted by Crippen LogP contribution is -2.48.